The molecule has 0 rings (SSSR count). The molecule has 0 aliphatic rings. The van der Waals surface area contributed by atoms with Crippen molar-refractivity contribution in [2.75, 3.05) is 6.54 Å². The van der Waals surface area contributed by atoms with E-state index >= 15 is 0 Å². The van der Waals surface area contributed by atoms with Crippen molar-refractivity contribution < 1.29 is 26.3 Å². The molecule has 0 aromatic carbocycles. The second kappa shape index (κ2) is 3.17. The van der Waals surface area contributed by atoms with Crippen LogP contribution in [0.2, 0.25) is 0 Å². The highest BCUT2D eigenvalue weighted by atomic mass is 19.4. The standard InChI is InChI=1S/C5H6F6N2/c1-13-2-3(12,4(6,7)8)5(9,10)11/h1-2,12H2. The Hall–Kier alpha value is -0.790. The smallest absolute Gasteiger partial charge is 0.308 e. The van der Waals surface area contributed by atoms with Crippen molar-refractivity contribution in [3.8, 4) is 0 Å². The molecule has 2 nitrogen and oxygen atoms in total. The molecule has 13 heavy (non-hydrogen) atoms. The first kappa shape index (κ1) is 12.2. The predicted molar refractivity (Wildman–Crippen MR) is 33.4 cm³/mol. The number of hydrogen-bond donors (Lipinski definition) is 1. The van der Waals surface area contributed by atoms with Gasteiger partial charge in [-0.25, -0.2) is 0 Å². The molecule has 0 amide bonds. The van der Waals surface area contributed by atoms with Crippen molar-refractivity contribution in [3.05, 3.63) is 0 Å². The van der Waals surface area contributed by atoms with Crippen molar-refractivity contribution in [2.45, 2.75) is 17.9 Å². The van der Waals surface area contributed by atoms with E-state index in [1.165, 1.54) is 0 Å². The summed E-state index contributed by atoms with van der Waals surface area (Å²) < 4.78 is 71.1. The van der Waals surface area contributed by atoms with E-state index < -0.39 is 24.4 Å². The van der Waals surface area contributed by atoms with Gasteiger partial charge in [-0.05, 0) is 6.72 Å². The first-order valence-electron chi connectivity index (χ1n) is 2.91. The molecule has 0 saturated heterocycles. The topological polar surface area (TPSA) is 38.4 Å². The largest absolute Gasteiger partial charge is 0.417 e. The van der Waals surface area contributed by atoms with Gasteiger partial charge in [0.05, 0.1) is 6.54 Å². The Morgan fingerprint density at radius 3 is 1.38 bits per heavy atom. The number of nitrogens with zero attached hydrogens (tertiary/aromatic N) is 1. The molecule has 0 radical (unpaired) electrons. The van der Waals surface area contributed by atoms with Crippen LogP contribution in [0.1, 0.15) is 0 Å². The number of rotatable bonds is 2. The summed E-state index contributed by atoms with van der Waals surface area (Å²) in [6.07, 6.45) is -11.2. The minimum Gasteiger partial charge on any atom is -0.308 e. The van der Waals surface area contributed by atoms with Gasteiger partial charge in [-0.15, -0.1) is 0 Å². The average molecular weight is 208 g/mol. The van der Waals surface area contributed by atoms with Crippen molar-refractivity contribution in [2.24, 2.45) is 10.7 Å². The maximum absolute atomic E-state index is 11.9. The third kappa shape index (κ3) is 2.11. The van der Waals surface area contributed by atoms with Gasteiger partial charge in [-0.3, -0.25) is 4.99 Å². The van der Waals surface area contributed by atoms with Gasteiger partial charge in [-0.1, -0.05) is 0 Å². The van der Waals surface area contributed by atoms with Crippen LogP contribution in [-0.4, -0.2) is 31.2 Å². The second-order valence-electron chi connectivity index (χ2n) is 2.35. The fourth-order valence-corrected chi connectivity index (χ4v) is 0.516. The maximum atomic E-state index is 11.9. The highest BCUT2D eigenvalue weighted by Gasteiger charge is 2.68. The van der Waals surface area contributed by atoms with E-state index in [-0.39, 0.29) is 0 Å². The fraction of sp³-hybridized carbons (Fsp3) is 0.800. The zero-order chi connectivity index (χ0) is 10.9. The van der Waals surface area contributed by atoms with Crippen LogP contribution in [0.3, 0.4) is 0 Å². The van der Waals surface area contributed by atoms with Gasteiger partial charge in [0, 0.05) is 0 Å². The molecule has 0 aliphatic heterocycles. The monoisotopic (exact) mass is 208 g/mol. The van der Waals surface area contributed by atoms with E-state index in [9.17, 15) is 26.3 Å². The first-order valence-corrected chi connectivity index (χ1v) is 2.91. The summed E-state index contributed by atoms with van der Waals surface area (Å²) in [5, 5.41) is 0. The summed E-state index contributed by atoms with van der Waals surface area (Å²) >= 11 is 0. The van der Waals surface area contributed by atoms with Gasteiger partial charge in [0.2, 0.25) is 5.54 Å². The normalized spacial score (nSPS) is 14.4. The van der Waals surface area contributed by atoms with Crippen LogP contribution in [0.5, 0.6) is 0 Å². The molecule has 8 heteroatoms. The van der Waals surface area contributed by atoms with E-state index in [4.69, 9.17) is 0 Å². The summed E-state index contributed by atoms with van der Waals surface area (Å²) in [5.74, 6) is 0. The van der Waals surface area contributed by atoms with E-state index in [0.29, 0.717) is 0 Å². The molecule has 0 aliphatic carbocycles. The third-order valence-electron chi connectivity index (χ3n) is 1.37. The SMILES string of the molecule is C=NCC(N)(C(F)(F)F)C(F)(F)F. The van der Waals surface area contributed by atoms with Crippen LogP contribution in [0.15, 0.2) is 4.99 Å². The van der Waals surface area contributed by atoms with Gasteiger partial charge >= 0.3 is 12.4 Å². The zero-order valence-corrected chi connectivity index (χ0v) is 6.21. The summed E-state index contributed by atoms with van der Waals surface area (Å²) in [6.45, 7) is 0.904. The molecule has 78 valence electrons. The Balaban J connectivity index is 5.07. The van der Waals surface area contributed by atoms with Crippen LogP contribution in [-0.2, 0) is 0 Å². The minimum atomic E-state index is -5.59. The van der Waals surface area contributed by atoms with Crippen molar-refractivity contribution >= 4 is 6.72 Å². The van der Waals surface area contributed by atoms with Crippen molar-refractivity contribution in [1.82, 2.24) is 0 Å². The van der Waals surface area contributed by atoms with Crippen LogP contribution in [0, 0.1) is 0 Å². The Bertz CT molecular complexity index is 178. The number of alkyl halides is 6. The summed E-state index contributed by atoms with van der Waals surface area (Å²) in [6, 6.07) is 0. The zero-order valence-electron chi connectivity index (χ0n) is 6.21. The van der Waals surface area contributed by atoms with Crippen LogP contribution in [0.25, 0.3) is 0 Å². The van der Waals surface area contributed by atoms with Gasteiger partial charge < -0.3 is 5.73 Å². The lowest BCUT2D eigenvalue weighted by molar-refractivity contribution is -0.292. The lowest BCUT2D eigenvalue weighted by atomic mass is 10.00. The van der Waals surface area contributed by atoms with Crippen LogP contribution >= 0.6 is 0 Å². The van der Waals surface area contributed by atoms with Crippen molar-refractivity contribution in [1.29, 1.82) is 0 Å². The molecular formula is C5H6F6N2. The van der Waals surface area contributed by atoms with Gasteiger partial charge in [0.25, 0.3) is 0 Å². The van der Waals surface area contributed by atoms with E-state index in [2.05, 4.69) is 17.4 Å². The Kier molecular flexibility index (Phi) is 2.97. The number of halogens is 6. The maximum Gasteiger partial charge on any atom is 0.417 e. The molecule has 0 aromatic heterocycles. The van der Waals surface area contributed by atoms with Crippen molar-refractivity contribution in [3.63, 3.8) is 0 Å². The fourth-order valence-electron chi connectivity index (χ4n) is 0.516. The molecule has 0 fully saturated rings. The lowest BCUT2D eigenvalue weighted by Crippen LogP contribution is -2.65. The molecule has 0 spiro atoms. The first-order chi connectivity index (χ1) is 5.56. The highest BCUT2D eigenvalue weighted by Crippen LogP contribution is 2.41. The van der Waals surface area contributed by atoms with Crippen LogP contribution < -0.4 is 5.73 Å². The molecule has 0 heterocycles. The van der Waals surface area contributed by atoms with Gasteiger partial charge in [0.15, 0.2) is 0 Å². The van der Waals surface area contributed by atoms with Gasteiger partial charge in [0.1, 0.15) is 0 Å². The molecule has 0 atom stereocenters. The minimum absolute atomic E-state index is 1.64. The quantitative estimate of drug-likeness (QED) is 0.542. The molecule has 2 N–H and O–H groups in total. The van der Waals surface area contributed by atoms with Gasteiger partial charge in [-0.2, -0.15) is 26.3 Å². The Morgan fingerprint density at radius 2 is 1.31 bits per heavy atom. The van der Waals surface area contributed by atoms with E-state index in [1.807, 2.05) is 0 Å². The Morgan fingerprint density at radius 1 is 1.00 bits per heavy atom. The lowest BCUT2D eigenvalue weighted by Gasteiger charge is -2.31. The molecule has 0 aromatic rings. The summed E-state index contributed by atoms with van der Waals surface area (Å²) in [7, 11) is 0. The molecule has 0 bridgehead atoms. The predicted octanol–water partition coefficient (Wildman–Crippen LogP) is 1.51. The number of nitrogens with two attached hydrogens (primary N) is 1. The molecule has 0 unspecified atom stereocenters. The third-order valence-corrected chi connectivity index (χ3v) is 1.37. The number of aliphatic imine (C=N–C) groups is 1. The second-order valence-corrected chi connectivity index (χ2v) is 2.35. The summed E-state index contributed by atoms with van der Waals surface area (Å²) in [4.78, 5) is 2.53. The van der Waals surface area contributed by atoms with E-state index in [1.54, 1.807) is 0 Å². The van der Waals surface area contributed by atoms with Crippen LogP contribution in [0.4, 0.5) is 26.3 Å². The molecule has 0 saturated carbocycles. The molecular weight excluding hydrogens is 202 g/mol. The summed E-state index contributed by atoms with van der Waals surface area (Å²) in [5.41, 5.74) is -0.125. The Labute approximate surface area is 69.4 Å². The highest BCUT2D eigenvalue weighted by molar-refractivity contribution is 5.24. The van der Waals surface area contributed by atoms with E-state index in [0.717, 1.165) is 0 Å². The average Bonchev–Trinajstić information content (AvgIpc) is 1.82. The number of hydrogen-bond acceptors (Lipinski definition) is 2.